The van der Waals surface area contributed by atoms with Gasteiger partial charge in [-0.3, -0.25) is 0 Å². The molecule has 0 radical (unpaired) electrons. The Bertz CT molecular complexity index is 3330. The molecule has 0 aromatic heterocycles. The van der Waals surface area contributed by atoms with Crippen molar-refractivity contribution in [2.75, 3.05) is 4.90 Å². The largest absolute Gasteiger partial charge is 0.310 e. The normalized spacial score (nSPS) is 14.6. The van der Waals surface area contributed by atoms with Crippen LogP contribution in [0.1, 0.15) is 49.9 Å². The topological polar surface area (TPSA) is 3.24 Å². The molecule has 0 bridgehead atoms. The molecule has 1 nitrogen and oxygen atoms in total. The third-order valence-corrected chi connectivity index (χ3v) is 13.6. The first-order valence-corrected chi connectivity index (χ1v) is 20.3. The van der Waals surface area contributed by atoms with Crippen LogP contribution in [0.25, 0.3) is 76.1 Å². The molecule has 0 fully saturated rings. The minimum atomic E-state index is -0.110. The molecule has 2 aliphatic rings. The van der Waals surface area contributed by atoms with Gasteiger partial charge in [0.2, 0.25) is 0 Å². The number of nitrogens with zero attached hydrogens (tertiary/aromatic N) is 1. The van der Waals surface area contributed by atoms with Crippen LogP contribution in [0.2, 0.25) is 0 Å². The summed E-state index contributed by atoms with van der Waals surface area (Å²) in [6, 6.07) is 66.5. The molecule has 0 saturated carbocycles. The van der Waals surface area contributed by atoms with Crippen LogP contribution >= 0.6 is 0 Å². The van der Waals surface area contributed by atoms with E-state index in [0.717, 1.165) is 11.4 Å². The summed E-state index contributed by atoms with van der Waals surface area (Å²) in [6.07, 6.45) is 0. The van der Waals surface area contributed by atoms with E-state index in [1.807, 2.05) is 0 Å². The first-order valence-electron chi connectivity index (χ1n) is 20.3. The van der Waals surface area contributed by atoms with Crippen LogP contribution in [0.15, 0.2) is 176 Å². The van der Waals surface area contributed by atoms with Gasteiger partial charge < -0.3 is 4.90 Å². The lowest BCUT2D eigenvalue weighted by Crippen LogP contribution is -2.16. The number of hydrogen-bond donors (Lipinski definition) is 0. The quantitative estimate of drug-likeness (QED) is 0.164. The van der Waals surface area contributed by atoms with Gasteiger partial charge in [0.25, 0.3) is 0 Å². The fourth-order valence-electron chi connectivity index (χ4n) is 10.6. The van der Waals surface area contributed by atoms with Crippen molar-refractivity contribution in [3.63, 3.8) is 0 Å². The minimum Gasteiger partial charge on any atom is -0.310 e. The average molecular weight is 728 g/mol. The molecule has 0 aliphatic heterocycles. The lowest BCUT2D eigenvalue weighted by atomic mass is 9.81. The number of fused-ring (bicyclic) bond motifs is 14. The summed E-state index contributed by atoms with van der Waals surface area (Å²) >= 11 is 0. The molecule has 57 heavy (non-hydrogen) atoms. The SMILES string of the molecule is CC1(C)c2ccccc2-c2ccc(N(c3ccc4cc5c(cc4c3)C(C)(C)c3cc4ccccc4cc3-5)c3ccc4c5ccccc5c5ccccc5c4c3)cc21. The smallest absolute Gasteiger partial charge is 0.0468 e. The summed E-state index contributed by atoms with van der Waals surface area (Å²) in [5.74, 6) is 0. The Morgan fingerprint density at radius 1 is 0.281 bits per heavy atom. The highest BCUT2D eigenvalue weighted by atomic mass is 15.1. The van der Waals surface area contributed by atoms with E-state index in [9.17, 15) is 0 Å². The van der Waals surface area contributed by atoms with Gasteiger partial charge in [0.05, 0.1) is 0 Å². The van der Waals surface area contributed by atoms with E-state index in [0.29, 0.717) is 0 Å². The zero-order chi connectivity index (χ0) is 38.2. The zero-order valence-corrected chi connectivity index (χ0v) is 32.7. The van der Waals surface area contributed by atoms with Gasteiger partial charge in [-0.15, -0.1) is 0 Å². The van der Waals surface area contributed by atoms with Crippen LogP contribution in [-0.2, 0) is 10.8 Å². The molecular weight excluding hydrogens is 687 g/mol. The van der Waals surface area contributed by atoms with Gasteiger partial charge >= 0.3 is 0 Å². The Hall–Kier alpha value is -6.70. The molecule has 10 aromatic rings. The van der Waals surface area contributed by atoms with Gasteiger partial charge in [-0.1, -0.05) is 143 Å². The molecule has 10 aromatic carbocycles. The van der Waals surface area contributed by atoms with E-state index in [2.05, 4.69) is 209 Å². The molecule has 1 heteroatoms. The van der Waals surface area contributed by atoms with Crippen LogP contribution in [0.3, 0.4) is 0 Å². The molecule has 0 unspecified atom stereocenters. The van der Waals surface area contributed by atoms with Gasteiger partial charge in [0, 0.05) is 27.9 Å². The maximum absolute atomic E-state index is 2.49. The summed E-state index contributed by atoms with van der Waals surface area (Å²) < 4.78 is 0. The standard InChI is InChI=1S/C56H41N/c1-55(2)51-20-12-11-19-46(51)47-26-24-40(33-54(47)55)57(39-23-25-45-43-17-8-7-15-41(43)42-16-9-10-18-44(42)48(45)32-39)38-22-21-36-29-50-49-28-34-13-5-6-14-35(34)30-52(49)56(3,4)53(50)31-37(36)27-38/h5-33H,1-4H3. The Morgan fingerprint density at radius 3 is 1.42 bits per heavy atom. The third-order valence-electron chi connectivity index (χ3n) is 13.6. The predicted octanol–water partition coefficient (Wildman–Crippen LogP) is 15.5. The van der Waals surface area contributed by atoms with Crippen LogP contribution in [0.5, 0.6) is 0 Å². The summed E-state index contributed by atoms with van der Waals surface area (Å²) in [4.78, 5) is 2.49. The molecule has 2 aliphatic carbocycles. The van der Waals surface area contributed by atoms with E-state index >= 15 is 0 Å². The molecule has 0 atom stereocenters. The molecule has 0 heterocycles. The van der Waals surface area contributed by atoms with Crippen molar-refractivity contribution in [3.05, 3.63) is 198 Å². The second-order valence-electron chi connectivity index (χ2n) is 17.4. The van der Waals surface area contributed by atoms with Crippen molar-refractivity contribution < 1.29 is 0 Å². The Morgan fingerprint density at radius 2 is 0.719 bits per heavy atom. The number of rotatable bonds is 3. The lowest BCUT2D eigenvalue weighted by molar-refractivity contribution is 0.660. The second-order valence-corrected chi connectivity index (χ2v) is 17.4. The molecular formula is C56H41N. The summed E-state index contributed by atoms with van der Waals surface area (Å²) in [7, 11) is 0. The van der Waals surface area contributed by atoms with Crippen LogP contribution in [-0.4, -0.2) is 0 Å². The maximum Gasteiger partial charge on any atom is 0.0468 e. The summed E-state index contributed by atoms with van der Waals surface area (Å²) in [5.41, 5.74) is 14.2. The van der Waals surface area contributed by atoms with Crippen LogP contribution in [0, 0.1) is 0 Å². The minimum absolute atomic E-state index is 0.110. The van der Waals surface area contributed by atoms with Gasteiger partial charge in [0.15, 0.2) is 0 Å². The predicted molar refractivity (Wildman–Crippen MR) is 244 cm³/mol. The van der Waals surface area contributed by atoms with E-state index < -0.39 is 0 Å². The van der Waals surface area contributed by atoms with Gasteiger partial charge in [-0.05, 0) is 159 Å². The molecule has 270 valence electrons. The molecule has 0 N–H and O–H groups in total. The molecule has 0 amide bonds. The summed E-state index contributed by atoms with van der Waals surface area (Å²) in [5, 5.41) is 12.8. The van der Waals surface area contributed by atoms with Crippen molar-refractivity contribution in [3.8, 4) is 22.3 Å². The van der Waals surface area contributed by atoms with Crippen molar-refractivity contribution >= 4 is 70.9 Å². The number of benzene rings is 10. The van der Waals surface area contributed by atoms with Crippen LogP contribution < -0.4 is 4.90 Å². The van der Waals surface area contributed by atoms with Crippen molar-refractivity contribution in [1.82, 2.24) is 0 Å². The first-order chi connectivity index (χ1) is 27.8. The van der Waals surface area contributed by atoms with Crippen molar-refractivity contribution in [2.45, 2.75) is 38.5 Å². The second kappa shape index (κ2) is 11.4. The number of anilines is 3. The fourth-order valence-corrected chi connectivity index (χ4v) is 10.6. The van der Waals surface area contributed by atoms with Gasteiger partial charge in [0.1, 0.15) is 0 Å². The average Bonchev–Trinajstić information content (AvgIpc) is 3.60. The molecule has 0 spiro atoms. The summed E-state index contributed by atoms with van der Waals surface area (Å²) in [6.45, 7) is 9.53. The molecule has 0 saturated heterocycles. The lowest BCUT2D eigenvalue weighted by Gasteiger charge is -2.29. The fraction of sp³-hybridized carbons (Fsp3) is 0.107. The van der Waals surface area contributed by atoms with Crippen molar-refractivity contribution in [1.29, 1.82) is 0 Å². The highest BCUT2D eigenvalue weighted by Crippen LogP contribution is 2.53. The highest BCUT2D eigenvalue weighted by molar-refractivity contribution is 6.25. The van der Waals surface area contributed by atoms with Gasteiger partial charge in [-0.2, -0.15) is 0 Å². The Balaban J connectivity index is 1.09. The van der Waals surface area contributed by atoms with E-state index in [4.69, 9.17) is 0 Å². The van der Waals surface area contributed by atoms with Crippen molar-refractivity contribution in [2.24, 2.45) is 0 Å². The maximum atomic E-state index is 2.49. The van der Waals surface area contributed by atoms with E-state index in [1.165, 1.54) is 104 Å². The van der Waals surface area contributed by atoms with E-state index in [-0.39, 0.29) is 10.8 Å². The monoisotopic (exact) mass is 727 g/mol. The molecule has 12 rings (SSSR count). The zero-order valence-electron chi connectivity index (χ0n) is 32.7. The van der Waals surface area contributed by atoms with Gasteiger partial charge in [-0.25, -0.2) is 0 Å². The first kappa shape index (κ1) is 32.5. The van der Waals surface area contributed by atoms with Crippen LogP contribution in [0.4, 0.5) is 17.1 Å². The number of hydrogen-bond acceptors (Lipinski definition) is 1. The third kappa shape index (κ3) is 4.51. The Kier molecular flexibility index (Phi) is 6.53. The Labute approximate surface area is 333 Å². The highest BCUT2D eigenvalue weighted by Gasteiger charge is 2.37. The van der Waals surface area contributed by atoms with E-state index in [1.54, 1.807) is 0 Å².